The molecule has 1 heterocycles. The highest BCUT2D eigenvalue weighted by atomic mass is 35.5. The molecule has 3 aromatic rings. The van der Waals surface area contributed by atoms with E-state index in [0.717, 1.165) is 17.8 Å². The van der Waals surface area contributed by atoms with Crippen LogP contribution in [0.15, 0.2) is 77.7 Å². The first kappa shape index (κ1) is 22.1. The van der Waals surface area contributed by atoms with Gasteiger partial charge in [0.1, 0.15) is 5.82 Å². The molecule has 1 aliphatic heterocycles. The molecule has 4 rings (SSSR count). The van der Waals surface area contributed by atoms with Crippen molar-refractivity contribution in [2.45, 2.75) is 4.90 Å². The van der Waals surface area contributed by atoms with E-state index in [2.05, 4.69) is 9.62 Å². The van der Waals surface area contributed by atoms with Crippen molar-refractivity contribution in [3.8, 4) is 0 Å². The molecule has 0 unspecified atom stereocenters. The van der Waals surface area contributed by atoms with Crippen molar-refractivity contribution in [3.05, 3.63) is 89.2 Å². The highest BCUT2D eigenvalue weighted by Crippen LogP contribution is 2.21. The quantitative estimate of drug-likeness (QED) is 0.601. The third-order valence-corrected chi connectivity index (χ3v) is 6.92. The molecule has 0 saturated carbocycles. The van der Waals surface area contributed by atoms with E-state index in [0.29, 0.717) is 42.5 Å². The number of hydrogen-bond acceptors (Lipinski definition) is 4. The van der Waals surface area contributed by atoms with Crippen LogP contribution in [0.3, 0.4) is 0 Å². The molecule has 0 aromatic heterocycles. The summed E-state index contributed by atoms with van der Waals surface area (Å²) in [6.07, 6.45) is 0. The van der Waals surface area contributed by atoms with E-state index in [4.69, 9.17) is 11.6 Å². The van der Waals surface area contributed by atoms with Crippen LogP contribution in [0.4, 0.5) is 15.8 Å². The minimum atomic E-state index is -3.84. The second kappa shape index (κ2) is 9.18. The Morgan fingerprint density at radius 3 is 2.03 bits per heavy atom. The van der Waals surface area contributed by atoms with Crippen molar-refractivity contribution >= 4 is 38.9 Å². The van der Waals surface area contributed by atoms with Crippen molar-refractivity contribution in [2.24, 2.45) is 0 Å². The number of carbonyl (C=O) groups is 1. The highest BCUT2D eigenvalue weighted by Gasteiger charge is 2.22. The van der Waals surface area contributed by atoms with Crippen LogP contribution in [0.2, 0.25) is 5.02 Å². The zero-order chi connectivity index (χ0) is 22.7. The van der Waals surface area contributed by atoms with Crippen LogP contribution >= 0.6 is 11.6 Å². The van der Waals surface area contributed by atoms with Gasteiger partial charge < -0.3 is 9.80 Å². The number of anilines is 2. The average Bonchev–Trinajstić information content (AvgIpc) is 2.80. The molecule has 1 saturated heterocycles. The number of amides is 1. The van der Waals surface area contributed by atoms with Gasteiger partial charge in [0.05, 0.1) is 4.90 Å². The van der Waals surface area contributed by atoms with Gasteiger partial charge >= 0.3 is 0 Å². The molecular formula is C23H21ClFN3O3S. The lowest BCUT2D eigenvalue weighted by Gasteiger charge is -2.36. The summed E-state index contributed by atoms with van der Waals surface area (Å²) in [5, 5.41) is 0.686. The SMILES string of the molecule is O=C(c1ccc(NS(=O)(=O)c2ccc(F)cc2)cc1)N1CCN(c2ccc(Cl)cc2)CC1. The molecule has 0 bridgehead atoms. The lowest BCUT2D eigenvalue weighted by atomic mass is 10.1. The van der Waals surface area contributed by atoms with Crippen molar-refractivity contribution in [1.29, 1.82) is 0 Å². The van der Waals surface area contributed by atoms with Crippen LogP contribution in [0, 0.1) is 5.82 Å². The van der Waals surface area contributed by atoms with Crippen molar-refractivity contribution < 1.29 is 17.6 Å². The summed E-state index contributed by atoms with van der Waals surface area (Å²) >= 11 is 5.94. The van der Waals surface area contributed by atoms with E-state index < -0.39 is 15.8 Å². The molecule has 0 aliphatic carbocycles. The molecule has 32 heavy (non-hydrogen) atoms. The molecule has 166 valence electrons. The number of carbonyl (C=O) groups excluding carboxylic acids is 1. The molecule has 1 aliphatic rings. The maximum absolute atomic E-state index is 13.0. The van der Waals surface area contributed by atoms with Crippen LogP contribution in [-0.2, 0) is 10.0 Å². The molecule has 6 nitrogen and oxygen atoms in total. The summed E-state index contributed by atoms with van der Waals surface area (Å²) in [6, 6.07) is 18.4. The average molecular weight is 474 g/mol. The number of nitrogens with zero attached hydrogens (tertiary/aromatic N) is 2. The summed E-state index contributed by atoms with van der Waals surface area (Å²) in [4.78, 5) is 16.8. The van der Waals surface area contributed by atoms with Gasteiger partial charge in [-0.2, -0.15) is 0 Å². The standard InChI is InChI=1S/C23H21ClFN3O3S/c24-18-3-9-21(10-4-18)27-13-15-28(16-14-27)23(29)17-1-7-20(8-2-17)26-32(30,31)22-11-5-19(25)6-12-22/h1-12,26H,13-16H2. The van der Waals surface area contributed by atoms with Crippen LogP contribution in [-0.4, -0.2) is 45.4 Å². The third kappa shape index (κ3) is 5.03. The molecule has 9 heteroatoms. The Balaban J connectivity index is 1.37. The first-order chi connectivity index (χ1) is 15.3. The molecule has 0 spiro atoms. The molecule has 1 amide bonds. The Bertz CT molecular complexity index is 1190. The first-order valence-electron chi connectivity index (χ1n) is 10.00. The van der Waals surface area contributed by atoms with E-state index in [9.17, 15) is 17.6 Å². The largest absolute Gasteiger partial charge is 0.368 e. The fraction of sp³-hybridized carbons (Fsp3) is 0.174. The first-order valence-corrected chi connectivity index (χ1v) is 11.9. The van der Waals surface area contributed by atoms with Gasteiger partial charge in [-0.1, -0.05) is 11.6 Å². The smallest absolute Gasteiger partial charge is 0.261 e. The second-order valence-electron chi connectivity index (χ2n) is 7.39. The Morgan fingerprint density at radius 2 is 1.44 bits per heavy atom. The Morgan fingerprint density at radius 1 is 0.844 bits per heavy atom. The summed E-state index contributed by atoms with van der Waals surface area (Å²) < 4.78 is 40.3. The molecule has 0 atom stereocenters. The van der Waals surface area contributed by atoms with Crippen LogP contribution in [0.1, 0.15) is 10.4 Å². The number of nitrogens with one attached hydrogen (secondary N) is 1. The number of hydrogen-bond donors (Lipinski definition) is 1. The van der Waals surface area contributed by atoms with Crippen molar-refractivity contribution in [2.75, 3.05) is 35.8 Å². The van der Waals surface area contributed by atoms with Gasteiger partial charge in [0.2, 0.25) is 0 Å². The predicted octanol–water partition coefficient (Wildman–Crippen LogP) is 4.24. The van der Waals surface area contributed by atoms with Gasteiger partial charge in [-0.05, 0) is 72.8 Å². The third-order valence-electron chi connectivity index (χ3n) is 5.27. The highest BCUT2D eigenvalue weighted by molar-refractivity contribution is 7.92. The number of halogens is 2. The Labute approximate surface area is 191 Å². The lowest BCUT2D eigenvalue weighted by molar-refractivity contribution is 0.0747. The van der Waals surface area contributed by atoms with E-state index in [1.165, 1.54) is 24.3 Å². The summed E-state index contributed by atoms with van der Waals surface area (Å²) in [7, 11) is -3.84. The number of benzene rings is 3. The van der Waals surface area contributed by atoms with E-state index in [1.807, 2.05) is 24.3 Å². The molecular weight excluding hydrogens is 453 g/mol. The maximum Gasteiger partial charge on any atom is 0.261 e. The van der Waals surface area contributed by atoms with Gasteiger partial charge in [0.25, 0.3) is 15.9 Å². The van der Waals surface area contributed by atoms with E-state index in [-0.39, 0.29) is 10.8 Å². The van der Waals surface area contributed by atoms with E-state index in [1.54, 1.807) is 17.0 Å². The summed E-state index contributed by atoms with van der Waals surface area (Å²) in [6.45, 7) is 2.59. The fourth-order valence-electron chi connectivity index (χ4n) is 3.51. The monoisotopic (exact) mass is 473 g/mol. The topological polar surface area (TPSA) is 69.7 Å². The number of rotatable bonds is 5. The van der Waals surface area contributed by atoms with Gasteiger partial charge in [-0.15, -0.1) is 0 Å². The zero-order valence-electron chi connectivity index (χ0n) is 17.0. The Kier molecular flexibility index (Phi) is 6.34. The maximum atomic E-state index is 13.0. The number of piperazine rings is 1. The zero-order valence-corrected chi connectivity index (χ0v) is 18.6. The molecule has 1 N–H and O–H groups in total. The predicted molar refractivity (Wildman–Crippen MR) is 123 cm³/mol. The van der Waals surface area contributed by atoms with Crippen LogP contribution in [0.25, 0.3) is 0 Å². The molecule has 3 aromatic carbocycles. The van der Waals surface area contributed by atoms with Crippen molar-refractivity contribution in [1.82, 2.24) is 4.90 Å². The van der Waals surface area contributed by atoms with Crippen LogP contribution < -0.4 is 9.62 Å². The lowest BCUT2D eigenvalue weighted by Crippen LogP contribution is -2.48. The van der Waals surface area contributed by atoms with Gasteiger partial charge in [0, 0.05) is 48.1 Å². The second-order valence-corrected chi connectivity index (χ2v) is 9.51. The molecule has 0 radical (unpaired) electrons. The van der Waals surface area contributed by atoms with Crippen LogP contribution in [0.5, 0.6) is 0 Å². The normalized spacial score (nSPS) is 14.3. The summed E-state index contributed by atoms with van der Waals surface area (Å²) in [5.74, 6) is -0.616. The Hall–Kier alpha value is -3.10. The van der Waals surface area contributed by atoms with E-state index >= 15 is 0 Å². The van der Waals surface area contributed by atoms with Crippen molar-refractivity contribution in [3.63, 3.8) is 0 Å². The molecule has 1 fully saturated rings. The fourth-order valence-corrected chi connectivity index (χ4v) is 4.70. The minimum Gasteiger partial charge on any atom is -0.368 e. The van der Waals surface area contributed by atoms with Gasteiger partial charge in [-0.25, -0.2) is 12.8 Å². The summed E-state index contributed by atoms with van der Waals surface area (Å²) in [5.41, 5.74) is 1.87. The van der Waals surface area contributed by atoms with Gasteiger partial charge in [-0.3, -0.25) is 9.52 Å². The number of sulfonamides is 1. The van der Waals surface area contributed by atoms with Gasteiger partial charge in [0.15, 0.2) is 0 Å². The minimum absolute atomic E-state index is 0.0439.